The molecule has 0 aliphatic rings. The van der Waals surface area contributed by atoms with E-state index in [1.54, 1.807) is 18.1 Å². The highest BCUT2D eigenvalue weighted by Crippen LogP contribution is 2.28. The normalized spacial score (nSPS) is 11.1. The van der Waals surface area contributed by atoms with Gasteiger partial charge in [-0.05, 0) is 12.1 Å². The van der Waals surface area contributed by atoms with E-state index in [1.165, 1.54) is 30.8 Å². The summed E-state index contributed by atoms with van der Waals surface area (Å²) in [5.41, 5.74) is 2.53. The van der Waals surface area contributed by atoms with Crippen molar-refractivity contribution < 1.29 is 18.7 Å². The second-order valence-electron chi connectivity index (χ2n) is 3.82. The standard InChI is InChI=1S/C14H16FNO3S/c1-18-8-6-16(10-20)13(5-7-17)12-4-3-11(15)9-14(12)19-2/h3-5,7,9-10H,6,8H2,1-2H3/b13-5-. The lowest BCUT2D eigenvalue weighted by molar-refractivity contribution is -0.104. The van der Waals surface area contributed by atoms with Gasteiger partial charge in [0.1, 0.15) is 17.9 Å². The highest BCUT2D eigenvalue weighted by Gasteiger charge is 2.15. The van der Waals surface area contributed by atoms with Crippen molar-refractivity contribution in [3.8, 4) is 5.75 Å². The Morgan fingerprint density at radius 1 is 1.45 bits per heavy atom. The molecule has 0 bridgehead atoms. The molecular formula is C14H16FNO3S. The van der Waals surface area contributed by atoms with Crippen molar-refractivity contribution >= 4 is 29.7 Å². The van der Waals surface area contributed by atoms with Gasteiger partial charge in [0.15, 0.2) is 0 Å². The summed E-state index contributed by atoms with van der Waals surface area (Å²) in [6, 6.07) is 4.10. The maximum absolute atomic E-state index is 13.2. The third-order valence-electron chi connectivity index (χ3n) is 2.64. The molecule has 1 aromatic rings. The van der Waals surface area contributed by atoms with Gasteiger partial charge in [-0.25, -0.2) is 4.39 Å². The van der Waals surface area contributed by atoms with Crippen LogP contribution in [0, 0.1) is 5.82 Å². The van der Waals surface area contributed by atoms with Crippen LogP contribution in [-0.4, -0.2) is 44.0 Å². The van der Waals surface area contributed by atoms with Gasteiger partial charge in [0.25, 0.3) is 0 Å². The fourth-order valence-electron chi connectivity index (χ4n) is 1.70. The molecule has 0 aliphatic carbocycles. The Balaban J connectivity index is 3.22. The minimum Gasteiger partial charge on any atom is -0.496 e. The monoisotopic (exact) mass is 297 g/mol. The molecular weight excluding hydrogens is 281 g/mol. The molecule has 108 valence electrons. The Labute approximate surface area is 122 Å². The van der Waals surface area contributed by atoms with Gasteiger partial charge in [-0.2, -0.15) is 0 Å². The first kappa shape index (κ1) is 16.3. The van der Waals surface area contributed by atoms with Gasteiger partial charge in [-0.3, -0.25) is 4.79 Å². The lowest BCUT2D eigenvalue weighted by Gasteiger charge is -2.23. The number of methoxy groups -OCH3 is 2. The predicted octanol–water partition coefficient (Wildman–Crippen LogP) is 2.28. The summed E-state index contributed by atoms with van der Waals surface area (Å²) in [6.45, 7) is 0.910. The first-order valence-corrected chi connectivity index (χ1v) is 6.35. The van der Waals surface area contributed by atoms with E-state index in [0.717, 1.165) is 0 Å². The highest BCUT2D eigenvalue weighted by molar-refractivity contribution is 7.78. The van der Waals surface area contributed by atoms with Crippen LogP contribution < -0.4 is 4.74 Å². The molecule has 0 atom stereocenters. The maximum atomic E-state index is 13.2. The van der Waals surface area contributed by atoms with Crippen molar-refractivity contribution in [1.29, 1.82) is 0 Å². The number of carbonyl (C=O) groups is 1. The number of hydrogen-bond donors (Lipinski definition) is 0. The van der Waals surface area contributed by atoms with Crippen molar-refractivity contribution in [2.75, 3.05) is 27.4 Å². The van der Waals surface area contributed by atoms with Gasteiger partial charge in [0, 0.05) is 31.4 Å². The molecule has 0 N–H and O–H groups in total. The zero-order chi connectivity index (χ0) is 15.0. The van der Waals surface area contributed by atoms with Crippen LogP contribution in [0.2, 0.25) is 0 Å². The number of halogens is 1. The number of benzene rings is 1. The smallest absolute Gasteiger partial charge is 0.144 e. The van der Waals surface area contributed by atoms with E-state index in [0.29, 0.717) is 36.4 Å². The van der Waals surface area contributed by atoms with Crippen LogP contribution in [-0.2, 0) is 9.53 Å². The number of rotatable bonds is 8. The fraction of sp³-hybridized carbons (Fsp3) is 0.286. The van der Waals surface area contributed by atoms with Crippen molar-refractivity contribution in [2.45, 2.75) is 0 Å². The minimum absolute atomic E-state index is 0.331. The maximum Gasteiger partial charge on any atom is 0.144 e. The molecule has 0 aromatic heterocycles. The second-order valence-corrected chi connectivity index (χ2v) is 4.04. The van der Waals surface area contributed by atoms with E-state index in [9.17, 15) is 9.18 Å². The number of thiocarbonyl (C=S) groups is 1. The van der Waals surface area contributed by atoms with E-state index in [4.69, 9.17) is 21.7 Å². The van der Waals surface area contributed by atoms with Crippen molar-refractivity contribution in [1.82, 2.24) is 4.90 Å². The number of nitrogens with zero attached hydrogens (tertiary/aromatic N) is 1. The van der Waals surface area contributed by atoms with Crippen LogP contribution in [0.5, 0.6) is 5.75 Å². The number of aldehydes is 1. The van der Waals surface area contributed by atoms with Gasteiger partial charge >= 0.3 is 0 Å². The average molecular weight is 297 g/mol. The van der Waals surface area contributed by atoms with E-state index < -0.39 is 5.82 Å². The largest absolute Gasteiger partial charge is 0.496 e. The molecule has 0 aliphatic heterocycles. The molecule has 1 aromatic carbocycles. The van der Waals surface area contributed by atoms with E-state index in [-0.39, 0.29) is 0 Å². The third-order valence-corrected chi connectivity index (χ3v) is 2.89. The number of ether oxygens (including phenoxy) is 2. The molecule has 0 unspecified atom stereocenters. The Kier molecular flexibility index (Phi) is 6.83. The first-order valence-electron chi connectivity index (χ1n) is 5.88. The highest BCUT2D eigenvalue weighted by atomic mass is 32.1. The van der Waals surface area contributed by atoms with Gasteiger partial charge in [0.2, 0.25) is 0 Å². The summed E-state index contributed by atoms with van der Waals surface area (Å²) in [5, 5.41) is 0. The Hall–Kier alpha value is -1.79. The van der Waals surface area contributed by atoms with E-state index in [1.807, 2.05) is 0 Å². The number of hydrogen-bond acceptors (Lipinski definition) is 4. The second kappa shape index (κ2) is 8.39. The molecule has 0 spiro atoms. The summed E-state index contributed by atoms with van der Waals surface area (Å²) in [7, 11) is 3.01. The number of allylic oxidation sites excluding steroid dienone is 1. The molecule has 20 heavy (non-hydrogen) atoms. The van der Waals surface area contributed by atoms with Crippen molar-refractivity contribution in [3.63, 3.8) is 0 Å². The van der Waals surface area contributed by atoms with Crippen LogP contribution >= 0.6 is 12.2 Å². The molecule has 0 saturated heterocycles. The van der Waals surface area contributed by atoms with E-state index in [2.05, 4.69) is 0 Å². The Morgan fingerprint density at radius 2 is 2.20 bits per heavy atom. The van der Waals surface area contributed by atoms with Gasteiger partial charge in [0.05, 0.1) is 24.9 Å². The molecule has 0 radical (unpaired) electrons. The molecule has 6 heteroatoms. The van der Waals surface area contributed by atoms with Crippen molar-refractivity contribution in [2.24, 2.45) is 0 Å². The van der Waals surface area contributed by atoms with Gasteiger partial charge < -0.3 is 14.4 Å². The van der Waals surface area contributed by atoms with Crippen molar-refractivity contribution in [3.05, 3.63) is 35.7 Å². The first-order chi connectivity index (χ1) is 9.67. The summed E-state index contributed by atoms with van der Waals surface area (Å²) >= 11 is 4.96. The van der Waals surface area contributed by atoms with Gasteiger partial charge in [-0.15, -0.1) is 0 Å². The predicted molar refractivity (Wildman–Crippen MR) is 79.2 cm³/mol. The molecule has 0 heterocycles. The summed E-state index contributed by atoms with van der Waals surface area (Å²) in [5.74, 6) is -0.0841. The molecule has 4 nitrogen and oxygen atoms in total. The zero-order valence-corrected chi connectivity index (χ0v) is 12.2. The van der Waals surface area contributed by atoms with Crippen LogP contribution in [0.15, 0.2) is 24.3 Å². The molecule has 1 rings (SSSR count). The van der Waals surface area contributed by atoms with Crippen LogP contribution in [0.4, 0.5) is 4.39 Å². The van der Waals surface area contributed by atoms with Crippen LogP contribution in [0.1, 0.15) is 5.56 Å². The SMILES string of the molecule is COCCN(C=S)/C(=C\C=O)c1ccc(F)cc1OC. The average Bonchev–Trinajstić information content (AvgIpc) is 2.47. The molecule has 0 amide bonds. The van der Waals surface area contributed by atoms with E-state index >= 15 is 0 Å². The topological polar surface area (TPSA) is 38.8 Å². The lowest BCUT2D eigenvalue weighted by Crippen LogP contribution is -2.24. The Bertz CT molecular complexity index is 505. The van der Waals surface area contributed by atoms with Crippen LogP contribution in [0.25, 0.3) is 5.70 Å². The fourth-order valence-corrected chi connectivity index (χ4v) is 1.92. The summed E-state index contributed by atoms with van der Waals surface area (Å²) in [4.78, 5) is 12.5. The molecule has 0 fully saturated rings. The summed E-state index contributed by atoms with van der Waals surface area (Å²) < 4.78 is 23.4. The Morgan fingerprint density at radius 3 is 2.75 bits per heavy atom. The quantitative estimate of drug-likeness (QED) is 0.418. The van der Waals surface area contributed by atoms with Crippen LogP contribution in [0.3, 0.4) is 0 Å². The minimum atomic E-state index is -0.415. The van der Waals surface area contributed by atoms with Gasteiger partial charge in [-0.1, -0.05) is 12.2 Å². The summed E-state index contributed by atoms with van der Waals surface area (Å²) in [6.07, 6.45) is 2.00. The third kappa shape index (κ3) is 4.11. The lowest BCUT2D eigenvalue weighted by atomic mass is 10.1. The zero-order valence-electron chi connectivity index (χ0n) is 11.3. The molecule has 0 saturated carbocycles. The number of carbonyl (C=O) groups excluding carboxylic acids is 1.